The van der Waals surface area contributed by atoms with E-state index in [1.54, 1.807) is 0 Å². The van der Waals surface area contributed by atoms with Crippen molar-refractivity contribution >= 4 is 27.0 Å². The number of fused-ring (bicyclic) bond motifs is 6. The Morgan fingerprint density at radius 3 is 1.72 bits per heavy atom. The van der Waals surface area contributed by atoms with Gasteiger partial charge in [0.25, 0.3) is 0 Å². The molecule has 2 bridgehead atoms. The van der Waals surface area contributed by atoms with Crippen molar-refractivity contribution in [3.63, 3.8) is 0 Å². The van der Waals surface area contributed by atoms with E-state index in [0.717, 1.165) is 0 Å². The normalized spacial score (nSPS) is 32.7. The molecule has 0 spiro atoms. The molecule has 0 saturated carbocycles. The molecule has 3 aliphatic rings. The van der Waals surface area contributed by atoms with Crippen molar-refractivity contribution in [2.24, 2.45) is 0 Å². The van der Waals surface area contributed by atoms with Gasteiger partial charge in [-0.2, -0.15) is 0 Å². The molecule has 4 rings (SSSR count). The molecule has 2 nitrogen and oxygen atoms in total. The molecule has 2 atom stereocenters. The maximum atomic E-state index is 6.49. The van der Waals surface area contributed by atoms with Gasteiger partial charge in [-0.1, -0.05) is 24.3 Å². The highest BCUT2D eigenvalue weighted by Gasteiger charge is 2.48. The number of benzene rings is 1. The minimum absolute atomic E-state index is 0.200. The Bertz CT molecular complexity index is 541. The van der Waals surface area contributed by atoms with Gasteiger partial charge in [0.2, 0.25) is 16.6 Å². The third-order valence-electron chi connectivity index (χ3n) is 4.40. The van der Waals surface area contributed by atoms with Gasteiger partial charge < -0.3 is 8.85 Å². The van der Waals surface area contributed by atoms with Crippen molar-refractivity contribution < 1.29 is 8.85 Å². The van der Waals surface area contributed by atoms with E-state index >= 15 is 0 Å². The lowest BCUT2D eigenvalue weighted by Crippen LogP contribution is -2.44. The number of hydrogen-bond donors (Lipinski definition) is 0. The number of rotatable bonds is 0. The van der Waals surface area contributed by atoms with Crippen molar-refractivity contribution in [2.75, 3.05) is 0 Å². The summed E-state index contributed by atoms with van der Waals surface area (Å²) in [5.41, 5.74) is 2.77. The summed E-state index contributed by atoms with van der Waals surface area (Å²) in [6.45, 7) is 9.29. The largest absolute Gasteiger partial charge is 0.449 e. The van der Waals surface area contributed by atoms with Crippen LogP contribution in [0.2, 0.25) is 26.2 Å². The zero-order valence-electron chi connectivity index (χ0n) is 11.3. The Balaban J connectivity index is 1.98. The second-order valence-corrected chi connectivity index (χ2v) is 14.4. The van der Waals surface area contributed by atoms with Crippen LogP contribution >= 0.6 is 0 Å². The molecule has 0 N–H and O–H groups in total. The smallest absolute Gasteiger partial charge is 0.206 e. The predicted octanol–water partition coefficient (Wildman–Crippen LogP) is 2.22. The highest BCUT2D eigenvalue weighted by atomic mass is 28.4. The van der Waals surface area contributed by atoms with Crippen LogP contribution in [0.3, 0.4) is 0 Å². The monoisotopic (exact) mass is 274 g/mol. The van der Waals surface area contributed by atoms with Gasteiger partial charge in [0, 0.05) is 0 Å². The van der Waals surface area contributed by atoms with Crippen LogP contribution < -0.4 is 10.4 Å². The lowest BCUT2D eigenvalue weighted by Gasteiger charge is -2.22. The molecule has 0 fully saturated rings. The van der Waals surface area contributed by atoms with Gasteiger partial charge in [0.1, 0.15) is 12.2 Å². The maximum Gasteiger partial charge on any atom is 0.206 e. The fraction of sp³-hybridized carbons (Fsp3) is 0.429. The highest BCUT2D eigenvalue weighted by Crippen LogP contribution is 2.45. The quantitative estimate of drug-likeness (QED) is 0.533. The first kappa shape index (κ1) is 11.2. The minimum Gasteiger partial charge on any atom is -0.449 e. The van der Waals surface area contributed by atoms with Crippen LogP contribution in [0.5, 0.6) is 0 Å². The molecule has 94 valence electrons. The first-order valence-corrected chi connectivity index (χ1v) is 12.4. The van der Waals surface area contributed by atoms with Crippen LogP contribution in [-0.4, -0.2) is 16.6 Å². The number of ether oxygens (including phenoxy) is 1. The van der Waals surface area contributed by atoms with Crippen molar-refractivity contribution in [3.05, 3.63) is 35.4 Å². The minimum atomic E-state index is -1.68. The van der Waals surface area contributed by atoms with Gasteiger partial charge in [-0.3, -0.25) is 0 Å². The summed E-state index contributed by atoms with van der Waals surface area (Å²) in [5.74, 6) is 0. The molecule has 0 radical (unpaired) electrons. The Kier molecular flexibility index (Phi) is 1.90. The van der Waals surface area contributed by atoms with Gasteiger partial charge in [-0.25, -0.2) is 0 Å². The van der Waals surface area contributed by atoms with Gasteiger partial charge in [-0.15, -0.1) is 0 Å². The van der Waals surface area contributed by atoms with Gasteiger partial charge in [0.15, 0.2) is 0 Å². The molecule has 1 aromatic carbocycles. The Labute approximate surface area is 110 Å². The van der Waals surface area contributed by atoms with Crippen LogP contribution in [0.25, 0.3) is 0 Å². The van der Waals surface area contributed by atoms with E-state index < -0.39 is 16.6 Å². The average molecular weight is 274 g/mol. The summed E-state index contributed by atoms with van der Waals surface area (Å²) < 4.78 is 12.4. The molecular weight excluding hydrogens is 256 g/mol. The molecular formula is C14H18O2Si2. The molecule has 0 aliphatic carbocycles. The summed E-state index contributed by atoms with van der Waals surface area (Å²) >= 11 is 0. The summed E-state index contributed by atoms with van der Waals surface area (Å²) in [4.78, 5) is 0. The lowest BCUT2D eigenvalue weighted by molar-refractivity contribution is 0.0879. The third-order valence-corrected chi connectivity index (χ3v) is 12.2. The van der Waals surface area contributed by atoms with E-state index in [2.05, 4.69) is 50.5 Å². The molecule has 2 unspecified atom stereocenters. The highest BCUT2D eigenvalue weighted by molar-refractivity contribution is 7.05. The zero-order chi connectivity index (χ0) is 12.7. The Morgan fingerprint density at radius 2 is 1.28 bits per heavy atom. The summed E-state index contributed by atoms with van der Waals surface area (Å²) in [6, 6.07) is 4.79. The van der Waals surface area contributed by atoms with Gasteiger partial charge in [-0.05, 0) is 47.7 Å². The van der Waals surface area contributed by atoms with Crippen LogP contribution in [0.15, 0.2) is 24.3 Å². The topological polar surface area (TPSA) is 18.5 Å². The first-order valence-electron chi connectivity index (χ1n) is 6.61. The van der Waals surface area contributed by atoms with E-state index in [0.29, 0.717) is 0 Å². The Morgan fingerprint density at radius 1 is 0.833 bits per heavy atom. The van der Waals surface area contributed by atoms with E-state index in [1.807, 2.05) is 0 Å². The average Bonchev–Trinajstić information content (AvgIpc) is 2.90. The predicted molar refractivity (Wildman–Crippen MR) is 77.5 cm³/mol. The second-order valence-electron chi connectivity index (χ2n) is 6.51. The molecule has 0 aromatic heterocycles. The van der Waals surface area contributed by atoms with Gasteiger partial charge >= 0.3 is 0 Å². The van der Waals surface area contributed by atoms with Gasteiger partial charge in [0.05, 0.1) is 0 Å². The fourth-order valence-electron chi connectivity index (χ4n) is 3.67. The fourth-order valence-corrected chi connectivity index (χ4v) is 13.9. The molecule has 0 saturated heterocycles. The van der Waals surface area contributed by atoms with E-state index in [-0.39, 0.29) is 12.2 Å². The summed E-state index contributed by atoms with van der Waals surface area (Å²) in [5, 5.41) is 3.03. The van der Waals surface area contributed by atoms with Crippen molar-refractivity contribution in [1.82, 2.24) is 0 Å². The third kappa shape index (κ3) is 1.24. The first-order chi connectivity index (χ1) is 8.38. The Hall–Kier alpha value is -0.686. The number of hydrogen-bond acceptors (Lipinski definition) is 2. The second kappa shape index (κ2) is 3.07. The summed E-state index contributed by atoms with van der Waals surface area (Å²) in [7, 11) is -3.37. The van der Waals surface area contributed by atoms with Crippen molar-refractivity contribution in [2.45, 2.75) is 38.4 Å². The standard InChI is InChI=1S/C14H18O2Si2/c1-17(2)13-7-9-10(12-6-5-11(9)15-12)8-14(13)18(3,4)16-17/h5-8,11-12H,1-4H3. The molecule has 0 amide bonds. The van der Waals surface area contributed by atoms with E-state index in [4.69, 9.17) is 8.85 Å². The molecule has 18 heavy (non-hydrogen) atoms. The van der Waals surface area contributed by atoms with Crippen molar-refractivity contribution in [1.29, 1.82) is 0 Å². The zero-order valence-corrected chi connectivity index (χ0v) is 13.3. The molecule has 4 heteroatoms. The maximum absolute atomic E-state index is 6.49. The lowest BCUT2D eigenvalue weighted by atomic mass is 9.97. The van der Waals surface area contributed by atoms with Crippen molar-refractivity contribution in [3.8, 4) is 0 Å². The van der Waals surface area contributed by atoms with Crippen LogP contribution in [0, 0.1) is 0 Å². The van der Waals surface area contributed by atoms with E-state index in [9.17, 15) is 0 Å². The molecule has 3 heterocycles. The summed E-state index contributed by atoms with van der Waals surface area (Å²) in [6.07, 6.45) is 4.77. The SMILES string of the molecule is C[Si]1(C)O[Si](C)(C)c2cc3c(cc21)C1C=CC3O1. The van der Waals surface area contributed by atoms with Crippen LogP contribution in [-0.2, 0) is 8.85 Å². The van der Waals surface area contributed by atoms with Crippen LogP contribution in [0.1, 0.15) is 23.3 Å². The van der Waals surface area contributed by atoms with E-state index in [1.165, 1.54) is 21.5 Å². The molecule has 1 aromatic rings. The van der Waals surface area contributed by atoms with Crippen LogP contribution in [0.4, 0.5) is 0 Å². The molecule has 3 aliphatic heterocycles.